The van der Waals surface area contributed by atoms with Crippen LogP contribution in [-0.4, -0.2) is 44.4 Å². The van der Waals surface area contributed by atoms with Gasteiger partial charge in [-0.2, -0.15) is 11.8 Å². The molecule has 1 fully saturated rings. The van der Waals surface area contributed by atoms with Gasteiger partial charge in [0.2, 0.25) is 5.91 Å². The second-order valence-corrected chi connectivity index (χ2v) is 8.14. The summed E-state index contributed by atoms with van der Waals surface area (Å²) in [5.41, 5.74) is 1.81. The lowest BCUT2D eigenvalue weighted by molar-refractivity contribution is -0.131. The average Bonchev–Trinajstić information content (AvgIpc) is 2.96. The van der Waals surface area contributed by atoms with Gasteiger partial charge in [-0.15, -0.1) is 0 Å². The van der Waals surface area contributed by atoms with Crippen LogP contribution in [0.2, 0.25) is 0 Å². The predicted molar refractivity (Wildman–Crippen MR) is 112 cm³/mol. The van der Waals surface area contributed by atoms with E-state index in [2.05, 4.69) is 0 Å². The van der Waals surface area contributed by atoms with Crippen molar-refractivity contribution in [3.05, 3.63) is 53.3 Å². The van der Waals surface area contributed by atoms with E-state index in [1.165, 1.54) is 13.2 Å². The zero-order valence-corrected chi connectivity index (χ0v) is 17.9. The summed E-state index contributed by atoms with van der Waals surface area (Å²) in [5, 5.41) is 0.0929. The minimum Gasteiger partial charge on any atom is -0.497 e. The summed E-state index contributed by atoms with van der Waals surface area (Å²) >= 11 is 1.78. The maximum absolute atomic E-state index is 14.4. The molecule has 1 amide bonds. The molecule has 156 valence electrons. The van der Waals surface area contributed by atoms with Gasteiger partial charge in [0.1, 0.15) is 11.5 Å². The molecule has 1 aliphatic rings. The summed E-state index contributed by atoms with van der Waals surface area (Å²) < 4.78 is 30.3. The molecule has 0 N–H and O–H groups in total. The number of nitrogens with zero attached hydrogens (tertiary/aromatic N) is 1. The highest BCUT2D eigenvalue weighted by Gasteiger charge is 2.32. The van der Waals surface area contributed by atoms with Crippen LogP contribution in [0, 0.1) is 5.82 Å². The SMILES string of the molecule is COc1ccc(C2CC(c3ccc(OC)c(F)c3)N(C(C)=O)CCS2)c(OC)c1. The number of carbonyl (C=O) groups is 1. The third kappa shape index (κ3) is 4.61. The summed E-state index contributed by atoms with van der Waals surface area (Å²) in [7, 11) is 4.69. The van der Waals surface area contributed by atoms with E-state index in [-0.39, 0.29) is 22.9 Å². The molecule has 0 saturated carbocycles. The molecule has 2 aromatic carbocycles. The topological polar surface area (TPSA) is 48.0 Å². The first-order valence-corrected chi connectivity index (χ1v) is 10.5. The van der Waals surface area contributed by atoms with E-state index in [1.807, 2.05) is 29.2 Å². The van der Waals surface area contributed by atoms with Gasteiger partial charge in [0, 0.05) is 36.1 Å². The predicted octanol–water partition coefficient (Wildman–Crippen LogP) is 4.62. The number of methoxy groups -OCH3 is 3. The van der Waals surface area contributed by atoms with E-state index in [0.29, 0.717) is 13.0 Å². The molecule has 0 aliphatic carbocycles. The van der Waals surface area contributed by atoms with Crippen LogP contribution in [0.25, 0.3) is 0 Å². The van der Waals surface area contributed by atoms with Crippen LogP contribution in [0.15, 0.2) is 36.4 Å². The highest BCUT2D eigenvalue weighted by Crippen LogP contribution is 2.46. The van der Waals surface area contributed by atoms with Gasteiger partial charge >= 0.3 is 0 Å². The highest BCUT2D eigenvalue weighted by molar-refractivity contribution is 7.99. The van der Waals surface area contributed by atoms with Gasteiger partial charge in [0.25, 0.3) is 0 Å². The third-order valence-corrected chi connectivity index (χ3v) is 6.48. The van der Waals surface area contributed by atoms with Gasteiger partial charge in [-0.05, 0) is 30.2 Å². The molecule has 2 atom stereocenters. The molecule has 2 unspecified atom stereocenters. The molecule has 1 saturated heterocycles. The Morgan fingerprint density at radius 3 is 2.45 bits per heavy atom. The van der Waals surface area contributed by atoms with Gasteiger partial charge in [-0.3, -0.25) is 4.79 Å². The smallest absolute Gasteiger partial charge is 0.219 e. The molecule has 0 radical (unpaired) electrons. The molecule has 2 aromatic rings. The summed E-state index contributed by atoms with van der Waals surface area (Å²) in [6.45, 7) is 2.17. The van der Waals surface area contributed by atoms with Crippen molar-refractivity contribution in [3.8, 4) is 17.2 Å². The fourth-order valence-electron chi connectivity index (χ4n) is 3.73. The largest absolute Gasteiger partial charge is 0.497 e. The monoisotopic (exact) mass is 419 g/mol. The summed E-state index contributed by atoms with van der Waals surface area (Å²) in [5.74, 6) is 2.01. The molecular formula is C22H26FNO4S. The number of halogens is 1. The van der Waals surface area contributed by atoms with Crippen molar-refractivity contribution in [1.29, 1.82) is 0 Å². The highest BCUT2D eigenvalue weighted by atomic mass is 32.2. The molecular weight excluding hydrogens is 393 g/mol. The lowest BCUT2D eigenvalue weighted by atomic mass is 9.96. The molecule has 0 spiro atoms. The summed E-state index contributed by atoms with van der Waals surface area (Å²) in [6, 6.07) is 10.5. The minimum atomic E-state index is -0.427. The fourth-order valence-corrected chi connectivity index (χ4v) is 5.01. The van der Waals surface area contributed by atoms with Crippen LogP contribution in [0.1, 0.15) is 35.8 Å². The number of amides is 1. The maximum atomic E-state index is 14.4. The Morgan fingerprint density at radius 2 is 1.83 bits per heavy atom. The Kier molecular flexibility index (Phi) is 6.90. The molecule has 0 bridgehead atoms. The number of hydrogen-bond donors (Lipinski definition) is 0. The number of thioether (sulfide) groups is 1. The van der Waals surface area contributed by atoms with Crippen LogP contribution in [0.3, 0.4) is 0 Å². The summed E-state index contributed by atoms with van der Waals surface area (Å²) in [4.78, 5) is 14.2. The number of benzene rings is 2. The zero-order chi connectivity index (χ0) is 21.0. The molecule has 1 aliphatic heterocycles. The average molecular weight is 420 g/mol. The van der Waals surface area contributed by atoms with Crippen molar-refractivity contribution in [1.82, 2.24) is 4.90 Å². The van der Waals surface area contributed by atoms with Crippen LogP contribution < -0.4 is 14.2 Å². The standard InChI is InChI=1S/C22H26FNO4S/c1-14(25)24-9-10-29-22(17-7-6-16(26-2)12-21(17)28-4)13-19(24)15-5-8-20(27-3)18(23)11-15/h5-8,11-12,19,22H,9-10,13H2,1-4H3. The molecule has 3 rings (SSSR count). The van der Waals surface area contributed by atoms with E-state index in [1.54, 1.807) is 39.0 Å². The Hall–Kier alpha value is -2.41. The first-order chi connectivity index (χ1) is 14.0. The van der Waals surface area contributed by atoms with Gasteiger partial charge in [0.15, 0.2) is 11.6 Å². The van der Waals surface area contributed by atoms with E-state index >= 15 is 0 Å². The molecule has 1 heterocycles. The first kappa shape index (κ1) is 21.3. The Balaban J connectivity index is 1.99. The molecule has 0 aromatic heterocycles. The minimum absolute atomic E-state index is 0.0193. The van der Waals surface area contributed by atoms with Crippen LogP contribution >= 0.6 is 11.8 Å². The van der Waals surface area contributed by atoms with Crippen LogP contribution in [0.5, 0.6) is 17.2 Å². The number of rotatable bonds is 5. The Labute approximate surface area is 175 Å². The second kappa shape index (κ2) is 9.39. The fraction of sp³-hybridized carbons (Fsp3) is 0.409. The number of ether oxygens (including phenoxy) is 3. The normalized spacial score (nSPS) is 19.4. The number of hydrogen-bond acceptors (Lipinski definition) is 5. The van der Waals surface area contributed by atoms with Gasteiger partial charge in [-0.1, -0.05) is 12.1 Å². The zero-order valence-electron chi connectivity index (χ0n) is 17.1. The molecule has 5 nitrogen and oxygen atoms in total. The van der Waals surface area contributed by atoms with Crippen molar-refractivity contribution >= 4 is 17.7 Å². The molecule has 29 heavy (non-hydrogen) atoms. The van der Waals surface area contributed by atoms with Gasteiger partial charge in [0.05, 0.1) is 27.4 Å². The van der Waals surface area contributed by atoms with Crippen molar-refractivity contribution in [3.63, 3.8) is 0 Å². The van der Waals surface area contributed by atoms with Gasteiger partial charge in [-0.25, -0.2) is 4.39 Å². The second-order valence-electron chi connectivity index (χ2n) is 6.83. The lowest BCUT2D eigenvalue weighted by Crippen LogP contribution is -2.34. The maximum Gasteiger partial charge on any atom is 0.219 e. The van der Waals surface area contributed by atoms with Crippen molar-refractivity contribution in [2.45, 2.75) is 24.6 Å². The van der Waals surface area contributed by atoms with Crippen molar-refractivity contribution < 1.29 is 23.4 Å². The lowest BCUT2D eigenvalue weighted by Gasteiger charge is -2.31. The summed E-state index contributed by atoms with van der Waals surface area (Å²) in [6.07, 6.45) is 0.651. The van der Waals surface area contributed by atoms with E-state index < -0.39 is 5.82 Å². The molecule has 7 heteroatoms. The van der Waals surface area contributed by atoms with E-state index in [9.17, 15) is 9.18 Å². The Morgan fingerprint density at radius 1 is 1.07 bits per heavy atom. The van der Waals surface area contributed by atoms with Crippen LogP contribution in [0.4, 0.5) is 4.39 Å². The Bertz CT molecular complexity index is 876. The van der Waals surface area contributed by atoms with Gasteiger partial charge < -0.3 is 19.1 Å². The quantitative estimate of drug-likeness (QED) is 0.708. The van der Waals surface area contributed by atoms with E-state index in [0.717, 1.165) is 28.4 Å². The van der Waals surface area contributed by atoms with E-state index in [4.69, 9.17) is 14.2 Å². The van der Waals surface area contributed by atoms with Crippen molar-refractivity contribution in [2.24, 2.45) is 0 Å². The van der Waals surface area contributed by atoms with Crippen molar-refractivity contribution in [2.75, 3.05) is 33.6 Å². The third-order valence-electron chi connectivity index (χ3n) is 5.22. The number of carbonyl (C=O) groups excluding carboxylic acids is 1. The first-order valence-electron chi connectivity index (χ1n) is 9.42. The van der Waals surface area contributed by atoms with Crippen LogP contribution in [-0.2, 0) is 4.79 Å².